The number of aryl methyl sites for hydroxylation is 1. The van der Waals surface area contributed by atoms with Gasteiger partial charge in [-0.15, -0.1) is 0 Å². The summed E-state index contributed by atoms with van der Waals surface area (Å²) in [4.78, 5) is 12.6. The predicted octanol–water partition coefficient (Wildman–Crippen LogP) is 3.77. The molecule has 0 N–H and O–H groups in total. The van der Waals surface area contributed by atoms with Crippen molar-refractivity contribution in [2.45, 2.75) is 45.1 Å². The first kappa shape index (κ1) is 13.3. The lowest BCUT2D eigenvalue weighted by molar-refractivity contribution is -0.0263. The van der Waals surface area contributed by atoms with Crippen LogP contribution in [0.4, 0.5) is 0 Å². The lowest BCUT2D eigenvalue weighted by atomic mass is 9.75. The van der Waals surface area contributed by atoms with E-state index in [9.17, 15) is 4.79 Å². The Morgan fingerprint density at radius 1 is 1.22 bits per heavy atom. The predicted molar refractivity (Wildman–Crippen MR) is 72.9 cm³/mol. The minimum atomic E-state index is -0.582. The second-order valence-corrected chi connectivity index (χ2v) is 5.58. The van der Waals surface area contributed by atoms with E-state index in [1.165, 1.54) is 5.56 Å². The van der Waals surface area contributed by atoms with Crippen LogP contribution in [-0.2, 0) is 4.74 Å². The highest BCUT2D eigenvalue weighted by molar-refractivity contribution is 6.02. The van der Waals surface area contributed by atoms with Gasteiger partial charge in [-0.05, 0) is 38.5 Å². The van der Waals surface area contributed by atoms with Gasteiger partial charge >= 0.3 is 0 Å². The molecule has 0 saturated heterocycles. The van der Waals surface area contributed by atoms with Gasteiger partial charge in [0, 0.05) is 12.7 Å². The Hall–Kier alpha value is -1.15. The average Bonchev–Trinajstić information content (AvgIpc) is 2.40. The maximum absolute atomic E-state index is 12.6. The molecule has 0 unspecified atom stereocenters. The highest BCUT2D eigenvalue weighted by Gasteiger charge is 2.41. The van der Waals surface area contributed by atoms with Crippen molar-refractivity contribution in [3.63, 3.8) is 0 Å². The molecular weight excluding hydrogens is 224 g/mol. The SMILES string of the molecule is COC1(C(=O)c2ccc(C)cc2)CCC(C)CC1. The van der Waals surface area contributed by atoms with E-state index in [1.807, 2.05) is 31.2 Å². The summed E-state index contributed by atoms with van der Waals surface area (Å²) in [5, 5.41) is 0. The van der Waals surface area contributed by atoms with Crippen LogP contribution in [0.15, 0.2) is 24.3 Å². The van der Waals surface area contributed by atoms with Gasteiger partial charge in [-0.25, -0.2) is 0 Å². The van der Waals surface area contributed by atoms with E-state index < -0.39 is 5.60 Å². The van der Waals surface area contributed by atoms with Crippen molar-refractivity contribution in [2.75, 3.05) is 7.11 Å². The first-order chi connectivity index (χ1) is 8.57. The zero-order valence-corrected chi connectivity index (χ0v) is 11.5. The number of benzene rings is 1. The van der Waals surface area contributed by atoms with Gasteiger partial charge in [-0.1, -0.05) is 36.8 Å². The zero-order valence-electron chi connectivity index (χ0n) is 11.5. The summed E-state index contributed by atoms with van der Waals surface area (Å²) >= 11 is 0. The Bertz CT molecular complexity index is 411. The number of ketones is 1. The van der Waals surface area contributed by atoms with Crippen molar-refractivity contribution in [1.29, 1.82) is 0 Å². The van der Waals surface area contributed by atoms with Crippen molar-refractivity contribution < 1.29 is 9.53 Å². The molecule has 2 nitrogen and oxygen atoms in total. The summed E-state index contributed by atoms with van der Waals surface area (Å²) in [7, 11) is 1.67. The second kappa shape index (κ2) is 5.23. The van der Waals surface area contributed by atoms with Crippen molar-refractivity contribution in [3.8, 4) is 0 Å². The number of methoxy groups -OCH3 is 1. The standard InChI is InChI=1S/C16H22O2/c1-12-4-6-14(7-5-12)15(17)16(18-3)10-8-13(2)9-11-16/h4-7,13H,8-11H2,1-3H3. The van der Waals surface area contributed by atoms with E-state index in [1.54, 1.807) is 7.11 Å². The van der Waals surface area contributed by atoms with Gasteiger partial charge in [-0.3, -0.25) is 4.79 Å². The summed E-state index contributed by atoms with van der Waals surface area (Å²) in [6.45, 7) is 4.28. The first-order valence-electron chi connectivity index (χ1n) is 6.74. The van der Waals surface area contributed by atoms with Crippen LogP contribution >= 0.6 is 0 Å². The minimum Gasteiger partial charge on any atom is -0.370 e. The zero-order chi connectivity index (χ0) is 13.2. The normalized spacial score (nSPS) is 28.1. The Balaban J connectivity index is 2.22. The van der Waals surface area contributed by atoms with E-state index in [4.69, 9.17) is 4.74 Å². The van der Waals surface area contributed by atoms with Gasteiger partial charge in [0.1, 0.15) is 5.60 Å². The van der Waals surface area contributed by atoms with Gasteiger partial charge in [0.25, 0.3) is 0 Å². The van der Waals surface area contributed by atoms with E-state index in [-0.39, 0.29) is 5.78 Å². The van der Waals surface area contributed by atoms with Gasteiger partial charge in [-0.2, -0.15) is 0 Å². The fourth-order valence-corrected chi connectivity index (χ4v) is 2.72. The quantitative estimate of drug-likeness (QED) is 0.759. The van der Waals surface area contributed by atoms with Crippen LogP contribution in [0.2, 0.25) is 0 Å². The van der Waals surface area contributed by atoms with Crippen molar-refractivity contribution >= 4 is 5.78 Å². The molecule has 0 heterocycles. The van der Waals surface area contributed by atoms with Crippen LogP contribution in [0.3, 0.4) is 0 Å². The fourth-order valence-electron chi connectivity index (χ4n) is 2.72. The highest BCUT2D eigenvalue weighted by atomic mass is 16.5. The number of carbonyl (C=O) groups excluding carboxylic acids is 1. The molecule has 1 saturated carbocycles. The van der Waals surface area contributed by atoms with E-state index in [0.29, 0.717) is 5.92 Å². The van der Waals surface area contributed by atoms with Crippen LogP contribution in [0.1, 0.15) is 48.5 Å². The molecule has 0 aliphatic heterocycles. The van der Waals surface area contributed by atoms with Crippen LogP contribution < -0.4 is 0 Å². The number of hydrogen-bond acceptors (Lipinski definition) is 2. The van der Waals surface area contributed by atoms with Crippen LogP contribution in [0.25, 0.3) is 0 Å². The number of Topliss-reactive ketones (excluding diaryl/α,β-unsaturated/α-hetero) is 1. The molecule has 0 spiro atoms. The third-order valence-corrected chi connectivity index (χ3v) is 4.20. The van der Waals surface area contributed by atoms with Gasteiger partial charge in [0.05, 0.1) is 0 Å². The summed E-state index contributed by atoms with van der Waals surface area (Å²) in [5.74, 6) is 0.857. The number of hydrogen-bond donors (Lipinski definition) is 0. The topological polar surface area (TPSA) is 26.3 Å². The molecule has 1 aliphatic rings. The number of rotatable bonds is 3. The fraction of sp³-hybridized carbons (Fsp3) is 0.562. The molecule has 98 valence electrons. The summed E-state index contributed by atoms with van der Waals surface area (Å²) in [5.41, 5.74) is 1.37. The second-order valence-electron chi connectivity index (χ2n) is 5.58. The molecule has 2 rings (SSSR count). The van der Waals surface area contributed by atoms with Crippen LogP contribution in [-0.4, -0.2) is 18.5 Å². The Kier molecular flexibility index (Phi) is 3.86. The van der Waals surface area contributed by atoms with Gasteiger partial charge < -0.3 is 4.74 Å². The molecule has 0 amide bonds. The van der Waals surface area contributed by atoms with Crippen LogP contribution in [0, 0.1) is 12.8 Å². The van der Waals surface area contributed by atoms with Crippen molar-refractivity contribution in [2.24, 2.45) is 5.92 Å². The monoisotopic (exact) mass is 246 g/mol. The van der Waals surface area contributed by atoms with E-state index >= 15 is 0 Å². The maximum atomic E-state index is 12.6. The first-order valence-corrected chi connectivity index (χ1v) is 6.74. The molecule has 1 aromatic rings. The molecule has 0 bridgehead atoms. The number of ether oxygens (including phenoxy) is 1. The Morgan fingerprint density at radius 3 is 2.28 bits per heavy atom. The Morgan fingerprint density at radius 2 is 1.78 bits per heavy atom. The van der Waals surface area contributed by atoms with Crippen molar-refractivity contribution in [3.05, 3.63) is 35.4 Å². The lowest BCUT2D eigenvalue weighted by Gasteiger charge is -2.37. The summed E-state index contributed by atoms with van der Waals surface area (Å²) in [6, 6.07) is 7.80. The molecular formula is C16H22O2. The molecule has 0 atom stereocenters. The molecule has 18 heavy (non-hydrogen) atoms. The van der Waals surface area contributed by atoms with Crippen LogP contribution in [0.5, 0.6) is 0 Å². The van der Waals surface area contributed by atoms with Gasteiger partial charge in [0.15, 0.2) is 5.78 Å². The van der Waals surface area contributed by atoms with Crippen molar-refractivity contribution in [1.82, 2.24) is 0 Å². The highest BCUT2D eigenvalue weighted by Crippen LogP contribution is 2.36. The molecule has 2 heteroatoms. The molecule has 1 fully saturated rings. The minimum absolute atomic E-state index is 0.150. The molecule has 1 aliphatic carbocycles. The van der Waals surface area contributed by atoms with E-state index in [0.717, 1.165) is 31.2 Å². The largest absolute Gasteiger partial charge is 0.370 e. The summed E-state index contributed by atoms with van der Waals surface area (Å²) in [6.07, 6.45) is 3.84. The van der Waals surface area contributed by atoms with Gasteiger partial charge in [0.2, 0.25) is 0 Å². The third kappa shape index (κ3) is 2.49. The van der Waals surface area contributed by atoms with E-state index in [2.05, 4.69) is 6.92 Å². The number of carbonyl (C=O) groups is 1. The maximum Gasteiger partial charge on any atom is 0.194 e. The average molecular weight is 246 g/mol. The third-order valence-electron chi connectivity index (χ3n) is 4.20. The summed E-state index contributed by atoms with van der Waals surface area (Å²) < 4.78 is 5.62. The molecule has 1 aromatic carbocycles. The molecule has 0 aromatic heterocycles. The molecule has 0 radical (unpaired) electrons. The Labute approximate surface area is 109 Å². The smallest absolute Gasteiger partial charge is 0.194 e. The lowest BCUT2D eigenvalue weighted by Crippen LogP contribution is -2.43.